The average molecular weight is 514 g/mol. The van der Waals surface area contributed by atoms with Gasteiger partial charge in [0.2, 0.25) is 5.91 Å². The molecule has 3 aliphatic heterocycles. The SMILES string of the molecule is COc1ccc(OC)c(CN[C@@H]2C3CCN(C(C(=O)N(C)C)C3)[C@@H]2C(c2ccccc2)c2ccccc2)c1. The van der Waals surface area contributed by atoms with Crippen molar-refractivity contribution in [1.82, 2.24) is 15.1 Å². The van der Waals surface area contributed by atoms with Crippen LogP contribution < -0.4 is 14.8 Å². The van der Waals surface area contributed by atoms with Gasteiger partial charge >= 0.3 is 0 Å². The molecule has 6 rings (SSSR count). The zero-order valence-electron chi connectivity index (χ0n) is 22.8. The van der Waals surface area contributed by atoms with Crippen molar-refractivity contribution in [3.05, 3.63) is 95.6 Å². The number of carbonyl (C=O) groups excluding carboxylic acids is 1. The summed E-state index contributed by atoms with van der Waals surface area (Å²) in [6.45, 7) is 1.59. The first kappa shape index (κ1) is 26.3. The van der Waals surface area contributed by atoms with Gasteiger partial charge in [-0.3, -0.25) is 9.69 Å². The van der Waals surface area contributed by atoms with Gasteiger partial charge in [-0.15, -0.1) is 0 Å². The molecule has 1 amide bonds. The minimum atomic E-state index is -0.104. The third-order valence-electron chi connectivity index (χ3n) is 8.34. The molecule has 3 aromatic rings. The number of fused-ring (bicyclic) bond motifs is 3. The Morgan fingerprint density at radius 2 is 1.63 bits per heavy atom. The molecule has 3 heterocycles. The van der Waals surface area contributed by atoms with Crippen LogP contribution in [0.15, 0.2) is 78.9 Å². The number of nitrogens with zero attached hydrogens (tertiary/aromatic N) is 2. The van der Waals surface area contributed by atoms with E-state index in [1.165, 1.54) is 11.1 Å². The fourth-order valence-corrected chi connectivity index (χ4v) is 6.56. The predicted octanol–water partition coefficient (Wildman–Crippen LogP) is 4.55. The molecule has 2 bridgehead atoms. The van der Waals surface area contributed by atoms with Gasteiger partial charge in [0.25, 0.3) is 0 Å². The molecule has 38 heavy (non-hydrogen) atoms. The van der Waals surface area contributed by atoms with Crippen LogP contribution in [-0.2, 0) is 11.3 Å². The quantitative estimate of drug-likeness (QED) is 0.455. The van der Waals surface area contributed by atoms with E-state index in [0.29, 0.717) is 12.5 Å². The van der Waals surface area contributed by atoms with Gasteiger partial charge in [-0.2, -0.15) is 0 Å². The minimum absolute atomic E-state index is 0.104. The van der Waals surface area contributed by atoms with Gasteiger partial charge in [0.15, 0.2) is 0 Å². The molecule has 1 N–H and O–H groups in total. The van der Waals surface area contributed by atoms with Crippen LogP contribution in [-0.4, -0.2) is 68.7 Å². The number of benzene rings is 3. The van der Waals surface area contributed by atoms with Crippen LogP contribution in [0.4, 0.5) is 0 Å². The van der Waals surface area contributed by atoms with Crippen LogP contribution in [0, 0.1) is 5.92 Å². The van der Waals surface area contributed by atoms with E-state index in [2.05, 4.69) is 70.9 Å². The summed E-state index contributed by atoms with van der Waals surface area (Å²) in [5.41, 5.74) is 3.62. The highest BCUT2D eigenvalue weighted by atomic mass is 16.5. The van der Waals surface area contributed by atoms with Crippen LogP contribution in [0.2, 0.25) is 0 Å². The highest BCUT2D eigenvalue weighted by molar-refractivity contribution is 5.82. The number of nitrogens with one attached hydrogen (secondary N) is 1. The molecule has 0 radical (unpaired) electrons. The first-order valence-corrected chi connectivity index (χ1v) is 13.5. The Bertz CT molecular complexity index is 1180. The van der Waals surface area contributed by atoms with Crippen LogP contribution in [0.5, 0.6) is 11.5 Å². The van der Waals surface area contributed by atoms with Gasteiger partial charge in [-0.25, -0.2) is 0 Å². The number of piperidine rings is 3. The fraction of sp³-hybridized carbons (Fsp3) is 0.406. The van der Waals surface area contributed by atoms with E-state index >= 15 is 0 Å². The zero-order chi connectivity index (χ0) is 26.6. The maximum Gasteiger partial charge on any atom is 0.239 e. The molecule has 3 fully saturated rings. The van der Waals surface area contributed by atoms with E-state index in [9.17, 15) is 4.79 Å². The summed E-state index contributed by atoms with van der Waals surface area (Å²) in [5.74, 6) is 2.39. The molecule has 6 nitrogen and oxygen atoms in total. The van der Waals surface area contributed by atoms with Crippen molar-refractivity contribution < 1.29 is 14.3 Å². The lowest BCUT2D eigenvalue weighted by Crippen LogP contribution is -2.69. The van der Waals surface area contributed by atoms with E-state index in [4.69, 9.17) is 9.47 Å². The Hall–Kier alpha value is -3.35. The first-order valence-electron chi connectivity index (χ1n) is 13.5. The third kappa shape index (κ3) is 5.16. The lowest BCUT2D eigenvalue weighted by atomic mass is 9.68. The van der Waals surface area contributed by atoms with Gasteiger partial charge < -0.3 is 19.7 Å². The van der Waals surface area contributed by atoms with Crippen LogP contribution >= 0.6 is 0 Å². The normalized spacial score (nSPS) is 24.3. The standard InChI is InChI=1S/C32H39N3O3/c1-34(2)32(36)27-20-24-17-18-35(27)31(29(22-11-7-5-8-12-22)23-13-9-6-10-14-23)30(24)33-21-25-19-26(37-3)15-16-28(25)38-4/h5-16,19,24,27,29-31,33H,17-18,20-21H2,1-4H3/t24?,27?,30-,31-/m1/s1. The second kappa shape index (κ2) is 11.6. The molecule has 3 aromatic carbocycles. The van der Waals surface area contributed by atoms with Crippen LogP contribution in [0.1, 0.15) is 35.4 Å². The molecule has 0 aliphatic carbocycles. The number of hydrogen-bond donors (Lipinski definition) is 1. The molecule has 0 saturated carbocycles. The molecule has 3 saturated heterocycles. The summed E-state index contributed by atoms with van der Waals surface area (Å²) in [6, 6.07) is 27.7. The molecule has 0 aromatic heterocycles. The van der Waals surface area contributed by atoms with Gasteiger partial charge in [-0.1, -0.05) is 60.7 Å². The predicted molar refractivity (Wildman–Crippen MR) is 151 cm³/mol. The Balaban J connectivity index is 1.55. The number of rotatable bonds is 9. The highest BCUT2D eigenvalue weighted by Gasteiger charge is 2.52. The molecule has 6 heteroatoms. The number of methoxy groups -OCH3 is 2. The van der Waals surface area contributed by atoms with Crippen molar-refractivity contribution in [3.63, 3.8) is 0 Å². The van der Waals surface area contributed by atoms with Gasteiger partial charge in [-0.05, 0) is 54.6 Å². The molecule has 3 unspecified atom stereocenters. The van der Waals surface area contributed by atoms with Gasteiger partial charge in [0.1, 0.15) is 11.5 Å². The monoisotopic (exact) mass is 513 g/mol. The Morgan fingerprint density at radius 3 is 2.21 bits per heavy atom. The highest BCUT2D eigenvalue weighted by Crippen LogP contribution is 2.45. The Labute approximate surface area is 226 Å². The molecular weight excluding hydrogens is 474 g/mol. The summed E-state index contributed by atoms with van der Waals surface area (Å²) in [4.78, 5) is 17.7. The maximum absolute atomic E-state index is 13.4. The smallest absolute Gasteiger partial charge is 0.239 e. The lowest BCUT2D eigenvalue weighted by molar-refractivity contribution is -0.143. The minimum Gasteiger partial charge on any atom is -0.497 e. The summed E-state index contributed by atoms with van der Waals surface area (Å²) in [6.07, 6.45) is 1.95. The van der Waals surface area contributed by atoms with E-state index < -0.39 is 0 Å². The van der Waals surface area contributed by atoms with E-state index in [1.54, 1.807) is 19.1 Å². The number of carbonyl (C=O) groups is 1. The van der Waals surface area contributed by atoms with Crippen LogP contribution in [0.3, 0.4) is 0 Å². The Morgan fingerprint density at radius 1 is 0.974 bits per heavy atom. The van der Waals surface area contributed by atoms with Gasteiger partial charge in [0, 0.05) is 44.2 Å². The molecule has 5 atom stereocenters. The molecule has 3 aliphatic rings. The van der Waals surface area contributed by atoms with Crippen molar-refractivity contribution in [2.24, 2.45) is 5.92 Å². The van der Waals surface area contributed by atoms with Crippen molar-refractivity contribution >= 4 is 5.91 Å². The van der Waals surface area contributed by atoms with Crippen molar-refractivity contribution in [3.8, 4) is 11.5 Å². The van der Waals surface area contributed by atoms with Crippen molar-refractivity contribution in [2.75, 3.05) is 34.9 Å². The van der Waals surface area contributed by atoms with E-state index in [-0.39, 0.29) is 30.0 Å². The second-order valence-electron chi connectivity index (χ2n) is 10.6. The topological polar surface area (TPSA) is 54.0 Å². The molecular formula is C32H39N3O3. The first-order chi connectivity index (χ1) is 18.5. The molecule has 200 valence electrons. The number of amides is 1. The van der Waals surface area contributed by atoms with Crippen molar-refractivity contribution in [1.29, 1.82) is 0 Å². The molecule has 0 spiro atoms. The third-order valence-corrected chi connectivity index (χ3v) is 8.34. The van der Waals surface area contributed by atoms with Gasteiger partial charge in [0.05, 0.1) is 20.3 Å². The lowest BCUT2D eigenvalue weighted by Gasteiger charge is -2.57. The summed E-state index contributed by atoms with van der Waals surface area (Å²) < 4.78 is 11.2. The van der Waals surface area contributed by atoms with E-state index in [0.717, 1.165) is 36.4 Å². The second-order valence-corrected chi connectivity index (χ2v) is 10.6. The largest absolute Gasteiger partial charge is 0.497 e. The zero-order valence-corrected chi connectivity index (χ0v) is 22.8. The Kier molecular flexibility index (Phi) is 8.01. The van der Waals surface area contributed by atoms with Crippen LogP contribution in [0.25, 0.3) is 0 Å². The van der Waals surface area contributed by atoms with Crippen molar-refractivity contribution in [2.45, 2.75) is 43.4 Å². The number of likely N-dealkylation sites (N-methyl/N-ethyl adjacent to an activating group) is 1. The summed E-state index contributed by atoms with van der Waals surface area (Å²) >= 11 is 0. The van der Waals surface area contributed by atoms with E-state index in [1.807, 2.05) is 32.3 Å². The fourth-order valence-electron chi connectivity index (χ4n) is 6.56. The maximum atomic E-state index is 13.4. The average Bonchev–Trinajstić information content (AvgIpc) is 2.97. The summed E-state index contributed by atoms with van der Waals surface area (Å²) in [5, 5.41) is 3.95. The summed E-state index contributed by atoms with van der Waals surface area (Å²) in [7, 11) is 7.14. The number of hydrogen-bond acceptors (Lipinski definition) is 5. The number of ether oxygens (including phenoxy) is 2.